The zero-order valence-corrected chi connectivity index (χ0v) is 11.2. The van der Waals surface area contributed by atoms with E-state index < -0.39 is 0 Å². The molecule has 0 aliphatic carbocycles. The molecule has 2 heterocycles. The second-order valence-electron chi connectivity index (χ2n) is 4.67. The molecule has 2 rings (SSSR count). The van der Waals surface area contributed by atoms with Gasteiger partial charge in [-0.2, -0.15) is 0 Å². The highest BCUT2D eigenvalue weighted by molar-refractivity contribution is 7.07. The van der Waals surface area contributed by atoms with Gasteiger partial charge in [0.15, 0.2) is 0 Å². The van der Waals surface area contributed by atoms with Gasteiger partial charge in [-0.15, -0.1) is 0 Å². The third-order valence-electron chi connectivity index (χ3n) is 3.28. The smallest absolute Gasteiger partial charge is 0.304 e. The van der Waals surface area contributed by atoms with Gasteiger partial charge in [0.2, 0.25) is 0 Å². The number of likely N-dealkylation sites (tertiary alicyclic amines) is 1. The van der Waals surface area contributed by atoms with Gasteiger partial charge in [-0.1, -0.05) is 18.3 Å². The lowest BCUT2D eigenvalue weighted by atomic mass is 10.0. The molecule has 1 aliphatic heterocycles. The summed E-state index contributed by atoms with van der Waals surface area (Å²) < 4.78 is 0. The molecule has 2 N–H and O–H groups in total. The Morgan fingerprint density at radius 3 is 2.88 bits per heavy atom. The summed E-state index contributed by atoms with van der Waals surface area (Å²) in [5, 5.41) is 5.43. The van der Waals surface area contributed by atoms with Crippen LogP contribution in [-0.2, 0) is 6.54 Å². The largest absolute Gasteiger partial charge is 0.315 e. The maximum atomic E-state index is 11.0. The van der Waals surface area contributed by atoms with Crippen molar-refractivity contribution in [3.05, 3.63) is 20.7 Å². The molecule has 0 unspecified atom stereocenters. The van der Waals surface area contributed by atoms with Crippen molar-refractivity contribution in [3.8, 4) is 0 Å². The van der Waals surface area contributed by atoms with Gasteiger partial charge in [0.1, 0.15) is 0 Å². The number of aromatic nitrogens is 1. The lowest BCUT2D eigenvalue weighted by molar-refractivity contribution is 0.197. The van der Waals surface area contributed by atoms with Gasteiger partial charge in [-0.3, -0.25) is 4.79 Å². The summed E-state index contributed by atoms with van der Waals surface area (Å²) in [7, 11) is 0. The first-order chi connectivity index (χ1) is 8.28. The Hall–Kier alpha value is -0.650. The van der Waals surface area contributed by atoms with E-state index in [2.05, 4.69) is 22.1 Å². The lowest BCUT2D eigenvalue weighted by Gasteiger charge is -2.32. The Morgan fingerprint density at radius 2 is 2.29 bits per heavy atom. The number of hydrogen-bond donors (Lipinski definition) is 2. The number of nitrogens with zero attached hydrogens (tertiary/aromatic N) is 1. The SMILES string of the molecule is CCCN1CCC(NCc2csc(=O)[nH]2)CC1. The summed E-state index contributed by atoms with van der Waals surface area (Å²) in [6, 6.07) is 0.603. The first kappa shape index (κ1) is 12.8. The molecular weight excluding hydrogens is 234 g/mol. The van der Waals surface area contributed by atoms with Gasteiger partial charge < -0.3 is 15.2 Å². The molecule has 0 radical (unpaired) electrons. The lowest BCUT2D eigenvalue weighted by Crippen LogP contribution is -2.42. The van der Waals surface area contributed by atoms with Crippen molar-refractivity contribution in [3.63, 3.8) is 0 Å². The molecule has 0 aromatic carbocycles. The van der Waals surface area contributed by atoms with E-state index in [1.54, 1.807) is 0 Å². The van der Waals surface area contributed by atoms with E-state index in [-0.39, 0.29) is 4.87 Å². The number of piperidine rings is 1. The van der Waals surface area contributed by atoms with Crippen molar-refractivity contribution in [2.75, 3.05) is 19.6 Å². The van der Waals surface area contributed by atoms with Crippen LogP contribution in [0.5, 0.6) is 0 Å². The van der Waals surface area contributed by atoms with Crippen molar-refractivity contribution in [2.24, 2.45) is 0 Å². The van der Waals surface area contributed by atoms with Crippen LogP contribution < -0.4 is 10.2 Å². The monoisotopic (exact) mass is 255 g/mol. The number of hydrogen-bond acceptors (Lipinski definition) is 4. The number of nitrogens with one attached hydrogen (secondary N) is 2. The van der Waals surface area contributed by atoms with Crippen molar-refractivity contribution < 1.29 is 0 Å². The fourth-order valence-electron chi connectivity index (χ4n) is 2.33. The second-order valence-corrected chi connectivity index (χ2v) is 5.51. The van der Waals surface area contributed by atoms with E-state index in [0.717, 1.165) is 12.2 Å². The van der Waals surface area contributed by atoms with Crippen LogP contribution in [0.15, 0.2) is 10.2 Å². The molecule has 1 aromatic heterocycles. The Morgan fingerprint density at radius 1 is 1.53 bits per heavy atom. The molecule has 0 atom stereocenters. The first-order valence-corrected chi connectivity index (χ1v) is 7.28. The molecule has 0 bridgehead atoms. The number of thiazole rings is 1. The zero-order chi connectivity index (χ0) is 12.1. The van der Waals surface area contributed by atoms with Crippen LogP contribution in [0.3, 0.4) is 0 Å². The maximum Gasteiger partial charge on any atom is 0.304 e. The van der Waals surface area contributed by atoms with Crippen molar-refractivity contribution in [2.45, 2.75) is 38.8 Å². The molecule has 4 nitrogen and oxygen atoms in total. The fraction of sp³-hybridized carbons (Fsp3) is 0.750. The quantitative estimate of drug-likeness (QED) is 0.836. The summed E-state index contributed by atoms with van der Waals surface area (Å²) in [5.41, 5.74) is 1.01. The maximum absolute atomic E-state index is 11.0. The summed E-state index contributed by atoms with van der Waals surface area (Å²) >= 11 is 1.24. The summed E-state index contributed by atoms with van der Waals surface area (Å²) in [5.74, 6) is 0. The molecular formula is C12H21N3OS. The highest BCUT2D eigenvalue weighted by Crippen LogP contribution is 2.11. The number of H-pyrrole nitrogens is 1. The Bertz CT molecular complexity index is 379. The Labute approximate surface area is 106 Å². The molecule has 5 heteroatoms. The van der Waals surface area contributed by atoms with Crippen LogP contribution in [0.1, 0.15) is 31.9 Å². The molecule has 0 saturated carbocycles. The highest BCUT2D eigenvalue weighted by atomic mass is 32.1. The van der Waals surface area contributed by atoms with E-state index in [1.807, 2.05) is 5.38 Å². The standard InChI is InChI=1S/C12H21N3OS/c1-2-5-15-6-3-10(4-7-15)13-8-11-9-17-12(16)14-11/h9-10,13H,2-8H2,1H3,(H,14,16). The average molecular weight is 255 g/mol. The van der Waals surface area contributed by atoms with Crippen molar-refractivity contribution in [1.29, 1.82) is 0 Å². The van der Waals surface area contributed by atoms with Gasteiger partial charge in [0.25, 0.3) is 0 Å². The predicted octanol–water partition coefficient (Wildman–Crippen LogP) is 1.40. The first-order valence-electron chi connectivity index (χ1n) is 6.40. The van der Waals surface area contributed by atoms with Crippen LogP contribution in [0, 0.1) is 0 Å². The average Bonchev–Trinajstić information content (AvgIpc) is 2.75. The molecule has 0 spiro atoms. The molecule has 1 fully saturated rings. The third kappa shape index (κ3) is 3.94. The van der Waals surface area contributed by atoms with E-state index in [1.165, 1.54) is 50.2 Å². The minimum absolute atomic E-state index is 0.0413. The number of aromatic amines is 1. The Kier molecular flexibility index (Phi) is 4.76. The summed E-state index contributed by atoms with van der Waals surface area (Å²) in [6.07, 6.45) is 3.68. The van der Waals surface area contributed by atoms with Crippen LogP contribution >= 0.6 is 11.3 Å². The summed E-state index contributed by atoms with van der Waals surface area (Å²) in [4.78, 5) is 16.4. The van der Waals surface area contributed by atoms with Crippen LogP contribution in [-0.4, -0.2) is 35.6 Å². The van der Waals surface area contributed by atoms with E-state index in [9.17, 15) is 4.79 Å². The summed E-state index contributed by atoms with van der Waals surface area (Å²) in [6.45, 7) is 6.65. The topological polar surface area (TPSA) is 48.1 Å². The van der Waals surface area contributed by atoms with Gasteiger partial charge >= 0.3 is 4.87 Å². The zero-order valence-electron chi connectivity index (χ0n) is 10.4. The molecule has 0 amide bonds. The van der Waals surface area contributed by atoms with Crippen molar-refractivity contribution in [1.82, 2.24) is 15.2 Å². The predicted molar refractivity (Wildman–Crippen MR) is 71.5 cm³/mol. The molecule has 17 heavy (non-hydrogen) atoms. The molecule has 1 aromatic rings. The second kappa shape index (κ2) is 6.33. The molecule has 1 aliphatic rings. The minimum atomic E-state index is 0.0413. The third-order valence-corrected chi connectivity index (χ3v) is 4.00. The normalized spacial score (nSPS) is 18.6. The van der Waals surface area contributed by atoms with Crippen LogP contribution in [0.4, 0.5) is 0 Å². The van der Waals surface area contributed by atoms with E-state index in [4.69, 9.17) is 0 Å². The van der Waals surface area contributed by atoms with Crippen LogP contribution in [0.25, 0.3) is 0 Å². The van der Waals surface area contributed by atoms with Gasteiger partial charge in [-0.25, -0.2) is 0 Å². The molecule has 1 saturated heterocycles. The van der Waals surface area contributed by atoms with Gasteiger partial charge in [0, 0.05) is 23.7 Å². The Balaban J connectivity index is 1.69. The van der Waals surface area contributed by atoms with Crippen LogP contribution in [0.2, 0.25) is 0 Å². The van der Waals surface area contributed by atoms with Crippen molar-refractivity contribution >= 4 is 11.3 Å². The fourth-order valence-corrected chi connectivity index (χ4v) is 2.91. The molecule has 96 valence electrons. The minimum Gasteiger partial charge on any atom is -0.315 e. The van der Waals surface area contributed by atoms with Gasteiger partial charge in [0.05, 0.1) is 0 Å². The van der Waals surface area contributed by atoms with E-state index in [0.29, 0.717) is 6.04 Å². The highest BCUT2D eigenvalue weighted by Gasteiger charge is 2.17. The number of rotatable bonds is 5. The van der Waals surface area contributed by atoms with Gasteiger partial charge in [-0.05, 0) is 38.9 Å². The van der Waals surface area contributed by atoms with E-state index >= 15 is 0 Å².